The molecule has 1 aromatic rings. The van der Waals surface area contributed by atoms with Crippen molar-refractivity contribution >= 4 is 11.6 Å². The van der Waals surface area contributed by atoms with Crippen LogP contribution in [0.5, 0.6) is 0 Å². The Bertz CT molecular complexity index is 464. The third kappa shape index (κ3) is 3.89. The molecular formula is C13H18F2N2O2. The molecule has 6 heteroatoms. The maximum absolute atomic E-state index is 13.7. The Balaban J connectivity index is 2.80. The third-order valence-electron chi connectivity index (χ3n) is 2.56. The van der Waals surface area contributed by atoms with Crippen molar-refractivity contribution < 1.29 is 18.3 Å². The molecule has 0 unspecified atom stereocenters. The van der Waals surface area contributed by atoms with E-state index in [1.807, 2.05) is 13.8 Å². The molecule has 0 aliphatic rings. The zero-order chi connectivity index (χ0) is 14.6. The molecular weight excluding hydrogens is 254 g/mol. The van der Waals surface area contributed by atoms with Crippen LogP contribution in [-0.2, 0) is 4.74 Å². The number of ether oxygens (including phenoxy) is 1. The highest BCUT2D eigenvalue weighted by atomic mass is 19.1. The van der Waals surface area contributed by atoms with E-state index in [0.717, 1.165) is 12.1 Å². The summed E-state index contributed by atoms with van der Waals surface area (Å²) < 4.78 is 32.5. The largest absolute Gasteiger partial charge is 0.396 e. The van der Waals surface area contributed by atoms with Crippen molar-refractivity contribution in [1.82, 2.24) is 4.90 Å². The number of nitrogens with two attached hydrogens (primary N) is 1. The molecule has 4 nitrogen and oxygen atoms in total. The third-order valence-corrected chi connectivity index (χ3v) is 2.56. The minimum Gasteiger partial charge on any atom is -0.396 e. The molecule has 0 bridgehead atoms. The quantitative estimate of drug-likeness (QED) is 0.835. The van der Waals surface area contributed by atoms with Crippen LogP contribution in [0.4, 0.5) is 14.5 Å². The van der Waals surface area contributed by atoms with E-state index in [-0.39, 0.29) is 18.3 Å². The van der Waals surface area contributed by atoms with Crippen LogP contribution < -0.4 is 5.73 Å². The lowest BCUT2D eigenvalue weighted by Crippen LogP contribution is -2.32. The molecule has 0 aliphatic carbocycles. The van der Waals surface area contributed by atoms with Gasteiger partial charge in [-0.05, 0) is 26.0 Å². The number of likely N-dealkylation sites (N-methyl/N-ethyl adjacent to an activating group) is 1. The van der Waals surface area contributed by atoms with E-state index in [2.05, 4.69) is 0 Å². The Hall–Kier alpha value is -1.69. The van der Waals surface area contributed by atoms with Gasteiger partial charge >= 0.3 is 0 Å². The van der Waals surface area contributed by atoms with Gasteiger partial charge < -0.3 is 15.4 Å². The van der Waals surface area contributed by atoms with E-state index in [0.29, 0.717) is 6.61 Å². The number of benzene rings is 1. The summed E-state index contributed by atoms with van der Waals surface area (Å²) in [5.41, 5.74) is 4.44. The van der Waals surface area contributed by atoms with Crippen molar-refractivity contribution in [2.24, 2.45) is 0 Å². The van der Waals surface area contributed by atoms with E-state index in [1.54, 1.807) is 0 Å². The van der Waals surface area contributed by atoms with Crippen LogP contribution in [0.15, 0.2) is 12.1 Å². The highest BCUT2D eigenvalue weighted by Gasteiger charge is 2.22. The number of amides is 1. The first-order chi connectivity index (χ1) is 8.84. The van der Waals surface area contributed by atoms with Gasteiger partial charge in [0.2, 0.25) is 0 Å². The molecule has 106 valence electrons. The van der Waals surface area contributed by atoms with Crippen LogP contribution in [0.1, 0.15) is 24.2 Å². The molecule has 19 heavy (non-hydrogen) atoms. The topological polar surface area (TPSA) is 55.6 Å². The first-order valence-electron chi connectivity index (χ1n) is 5.95. The van der Waals surface area contributed by atoms with Gasteiger partial charge in [-0.15, -0.1) is 0 Å². The van der Waals surface area contributed by atoms with E-state index in [1.165, 1.54) is 11.9 Å². The highest BCUT2D eigenvalue weighted by molar-refractivity contribution is 5.95. The molecule has 0 heterocycles. The predicted molar refractivity (Wildman–Crippen MR) is 68.8 cm³/mol. The SMILES string of the molecule is CC(C)OCCN(C)C(=O)c1c(F)ccc(N)c1F. The molecule has 0 fully saturated rings. The van der Waals surface area contributed by atoms with Crippen LogP contribution in [0.2, 0.25) is 0 Å². The average molecular weight is 272 g/mol. The first kappa shape index (κ1) is 15.4. The number of rotatable bonds is 5. The number of anilines is 1. The normalized spacial score (nSPS) is 10.8. The zero-order valence-electron chi connectivity index (χ0n) is 11.2. The molecule has 2 N–H and O–H groups in total. The van der Waals surface area contributed by atoms with E-state index >= 15 is 0 Å². The lowest BCUT2D eigenvalue weighted by molar-refractivity contribution is 0.0527. The molecule has 0 atom stereocenters. The molecule has 0 radical (unpaired) electrons. The van der Waals surface area contributed by atoms with Crippen LogP contribution in [0.3, 0.4) is 0 Å². The van der Waals surface area contributed by atoms with Gasteiger partial charge in [0.1, 0.15) is 11.4 Å². The number of hydrogen-bond donors (Lipinski definition) is 1. The first-order valence-corrected chi connectivity index (χ1v) is 5.95. The standard InChI is InChI=1S/C13H18F2N2O2/c1-8(2)19-7-6-17(3)13(18)11-9(14)4-5-10(16)12(11)15/h4-5,8H,6-7,16H2,1-3H3. The molecule has 0 aromatic heterocycles. The second-order valence-corrected chi connectivity index (χ2v) is 4.47. The minimum absolute atomic E-state index is 0.0318. The smallest absolute Gasteiger partial charge is 0.259 e. The Morgan fingerprint density at radius 3 is 2.63 bits per heavy atom. The van der Waals surface area contributed by atoms with Crippen molar-refractivity contribution in [2.75, 3.05) is 25.9 Å². The second-order valence-electron chi connectivity index (χ2n) is 4.47. The van der Waals surface area contributed by atoms with Gasteiger partial charge in [-0.25, -0.2) is 8.78 Å². The van der Waals surface area contributed by atoms with Crippen LogP contribution in [-0.4, -0.2) is 37.1 Å². The van der Waals surface area contributed by atoms with Crippen molar-refractivity contribution in [3.05, 3.63) is 29.3 Å². The number of carbonyl (C=O) groups excluding carboxylic acids is 1. The molecule has 0 saturated carbocycles. The average Bonchev–Trinajstić information content (AvgIpc) is 2.33. The van der Waals surface area contributed by atoms with Gasteiger partial charge in [0.25, 0.3) is 5.91 Å². The van der Waals surface area contributed by atoms with E-state index in [4.69, 9.17) is 10.5 Å². The Kier molecular flexibility index (Phi) is 5.23. The molecule has 1 rings (SSSR count). The summed E-state index contributed by atoms with van der Waals surface area (Å²) in [6.07, 6.45) is 0.0318. The van der Waals surface area contributed by atoms with Crippen LogP contribution in [0.25, 0.3) is 0 Å². The molecule has 0 aliphatic heterocycles. The summed E-state index contributed by atoms with van der Waals surface area (Å²) >= 11 is 0. The van der Waals surface area contributed by atoms with Gasteiger partial charge in [0.15, 0.2) is 5.82 Å². The van der Waals surface area contributed by atoms with Crippen molar-refractivity contribution in [3.63, 3.8) is 0 Å². The van der Waals surface area contributed by atoms with E-state index in [9.17, 15) is 13.6 Å². The molecule has 1 aromatic carbocycles. The van der Waals surface area contributed by atoms with Crippen LogP contribution >= 0.6 is 0 Å². The van der Waals surface area contributed by atoms with Crippen molar-refractivity contribution in [3.8, 4) is 0 Å². The van der Waals surface area contributed by atoms with E-state index < -0.39 is 23.1 Å². The second kappa shape index (κ2) is 6.47. The number of carbonyl (C=O) groups is 1. The lowest BCUT2D eigenvalue weighted by atomic mass is 10.1. The van der Waals surface area contributed by atoms with Gasteiger partial charge in [0.05, 0.1) is 18.4 Å². The maximum atomic E-state index is 13.7. The number of halogens is 2. The molecule has 0 saturated heterocycles. The summed E-state index contributed by atoms with van der Waals surface area (Å²) in [5, 5.41) is 0. The summed E-state index contributed by atoms with van der Waals surface area (Å²) in [6.45, 7) is 4.26. The Morgan fingerprint density at radius 2 is 2.05 bits per heavy atom. The van der Waals surface area contributed by atoms with Crippen molar-refractivity contribution in [2.45, 2.75) is 20.0 Å². The monoisotopic (exact) mass is 272 g/mol. The highest BCUT2D eigenvalue weighted by Crippen LogP contribution is 2.19. The van der Waals surface area contributed by atoms with Gasteiger partial charge in [0, 0.05) is 13.6 Å². The fourth-order valence-electron chi connectivity index (χ4n) is 1.48. The summed E-state index contributed by atoms with van der Waals surface area (Å²) in [7, 11) is 1.45. The Morgan fingerprint density at radius 1 is 1.42 bits per heavy atom. The summed E-state index contributed by atoms with van der Waals surface area (Å²) in [5.74, 6) is -2.70. The maximum Gasteiger partial charge on any atom is 0.259 e. The number of hydrogen-bond acceptors (Lipinski definition) is 3. The summed E-state index contributed by atoms with van der Waals surface area (Å²) in [4.78, 5) is 13.1. The number of nitrogens with zero attached hydrogens (tertiary/aromatic N) is 1. The van der Waals surface area contributed by atoms with Gasteiger partial charge in [-0.1, -0.05) is 0 Å². The fraction of sp³-hybridized carbons (Fsp3) is 0.462. The van der Waals surface area contributed by atoms with Crippen molar-refractivity contribution in [1.29, 1.82) is 0 Å². The molecule has 0 spiro atoms. The van der Waals surface area contributed by atoms with Gasteiger partial charge in [-0.3, -0.25) is 4.79 Å². The fourth-order valence-corrected chi connectivity index (χ4v) is 1.48. The predicted octanol–water partition coefficient (Wildman–Crippen LogP) is 2.04. The zero-order valence-corrected chi connectivity index (χ0v) is 11.2. The summed E-state index contributed by atoms with van der Waals surface area (Å²) in [6, 6.07) is 2.06. The molecule has 1 amide bonds. The van der Waals surface area contributed by atoms with Gasteiger partial charge in [-0.2, -0.15) is 0 Å². The minimum atomic E-state index is -1.03. The number of nitrogen functional groups attached to an aromatic ring is 1. The van der Waals surface area contributed by atoms with Crippen LogP contribution in [0, 0.1) is 11.6 Å². The Labute approximate surface area is 111 Å². The lowest BCUT2D eigenvalue weighted by Gasteiger charge is -2.19.